The normalized spacial score (nSPS) is 12.1. The highest BCUT2D eigenvalue weighted by Gasteiger charge is 2.32. The lowest BCUT2D eigenvalue weighted by Gasteiger charge is -2.23. The van der Waals surface area contributed by atoms with Gasteiger partial charge in [0.25, 0.3) is 11.5 Å². The van der Waals surface area contributed by atoms with Gasteiger partial charge in [0.1, 0.15) is 17.9 Å². The first-order valence-electron chi connectivity index (χ1n) is 48.8. The first-order valence-corrected chi connectivity index (χ1v) is 49.4. The van der Waals surface area contributed by atoms with E-state index in [2.05, 4.69) is 69.8 Å². The van der Waals surface area contributed by atoms with Crippen molar-refractivity contribution >= 4 is 113 Å². The smallest absolute Gasteiger partial charge is 0.373 e. The second-order valence-corrected chi connectivity index (χ2v) is 31.5. The lowest BCUT2D eigenvalue weighted by Crippen LogP contribution is -2.53. The molecule has 0 radical (unpaired) electrons. The number of nitrogens with one attached hydrogen (secondary N) is 8. The summed E-state index contributed by atoms with van der Waals surface area (Å²) in [5, 5.41) is 28.6. The Morgan fingerprint density at radius 2 is 0.720 bits per heavy atom. The van der Waals surface area contributed by atoms with E-state index in [1.54, 1.807) is 26.4 Å². The molecule has 56 heteroatoms. The Labute approximate surface area is 876 Å². The number of carbonyl (C=O) groups is 10. The van der Waals surface area contributed by atoms with Gasteiger partial charge >= 0.3 is 24.4 Å². The predicted octanol–water partition coefficient (Wildman–Crippen LogP) is -3.33. The number of nitrogens with zero attached hydrogens (tertiary/aromatic N) is 3. The molecular weight excluding hydrogens is 2020 g/mol. The van der Waals surface area contributed by atoms with Crippen molar-refractivity contribution in [1.82, 2.24) is 51.8 Å². The van der Waals surface area contributed by atoms with Crippen LogP contribution < -0.4 is 54.2 Å². The Kier molecular flexibility index (Phi) is 95.0. The minimum atomic E-state index is -1.60. The molecule has 2 aromatic heterocycles. The van der Waals surface area contributed by atoms with Crippen LogP contribution in [-0.4, -0.2) is 470 Å². The number of aliphatic carboxylic acids is 1. The molecule has 0 saturated heterocycles. The van der Waals surface area contributed by atoms with Crippen molar-refractivity contribution in [1.29, 1.82) is 0 Å². The van der Waals surface area contributed by atoms with Gasteiger partial charge in [-0.1, -0.05) is 0 Å². The number of nitrogen functional groups attached to an aromatic ring is 1. The molecule has 854 valence electrons. The van der Waals surface area contributed by atoms with Crippen LogP contribution in [0.5, 0.6) is 0 Å². The summed E-state index contributed by atoms with van der Waals surface area (Å²) in [5.74, 6) is -9.96. The molecule has 6 amide bonds. The lowest BCUT2D eigenvalue weighted by molar-refractivity contribution is -0.193. The lowest BCUT2D eigenvalue weighted by atomic mass is 9.95. The van der Waals surface area contributed by atoms with E-state index in [9.17, 15) is 57.8 Å². The van der Waals surface area contributed by atoms with Crippen molar-refractivity contribution in [2.45, 2.75) is 95.9 Å². The molecule has 0 fully saturated rings. The number of methoxy groups -OCH3 is 2. The van der Waals surface area contributed by atoms with Crippen LogP contribution in [0.15, 0.2) is 35.3 Å². The topological polar surface area (TPSA) is 723 Å². The number of amides is 6. The Morgan fingerprint density at radius 3 is 1.05 bits per heavy atom. The number of carbonyl (C=O) groups excluding carboxylic acids is 15. The molecule has 0 unspecified atom stereocenters. The number of hydrogen-bond acceptors (Lipinski definition) is 48. The highest BCUT2D eigenvalue weighted by molar-refractivity contribution is 7.80. The summed E-state index contributed by atoms with van der Waals surface area (Å²) in [5.41, 5.74) is 12.2. The maximum absolute atomic E-state index is 14.3. The minimum Gasteiger partial charge on any atom is -0.480 e. The van der Waals surface area contributed by atoms with E-state index in [4.69, 9.17) is 154 Å². The highest BCUT2D eigenvalue weighted by Crippen LogP contribution is 2.16. The number of nitrogens with two attached hydrogens (primary N) is 2. The van der Waals surface area contributed by atoms with E-state index in [0.717, 1.165) is 0 Å². The molecule has 0 aliphatic carbocycles. The number of thiol groups is 1. The first-order chi connectivity index (χ1) is 72.9. The van der Waals surface area contributed by atoms with Gasteiger partial charge in [0.2, 0.25) is 35.5 Å². The van der Waals surface area contributed by atoms with Gasteiger partial charge in [0, 0.05) is 83.6 Å². The minimum absolute atomic E-state index is 0.0237. The number of H-pyrrole nitrogens is 1. The SMILES string of the molecule is COCCOCCOCCOCCOCCOCCOCCOCCOCCOCCOCCOCCC(=O)NC[C@H](CC(=O)[C@H](C)NC(=O)[C@H](CNC(=O)CCOCCOCCOCCOCCOCCOCCOCCOCCOCCOCCOCCOC)CC(=O)CC[C@@H](NC(=O)c1ccc(NCc2cnc3nc(N)[nH]c(=O)c3n2)cc1)C(=O)O)C(=O)NC[C@H](N)C(=O)N[C@@H](C)C(=O)CCCS.O=C=O.O=C=O.O=C=O. The Hall–Kier alpha value is -10.2. The average molecular weight is 2170 g/mol. The van der Waals surface area contributed by atoms with Crippen LogP contribution in [-0.2, 0) is 192 Å². The largest absolute Gasteiger partial charge is 0.480 e. The second-order valence-electron chi connectivity index (χ2n) is 31.0. The molecule has 6 atom stereocenters. The van der Waals surface area contributed by atoms with Crippen LogP contribution in [0.3, 0.4) is 0 Å². The number of rotatable bonds is 101. The van der Waals surface area contributed by atoms with Crippen LogP contribution in [0.2, 0.25) is 0 Å². The molecule has 3 aromatic rings. The molecule has 55 nitrogen and oxygen atoms in total. The molecule has 150 heavy (non-hydrogen) atoms. The number of anilines is 2. The molecule has 0 aliphatic heterocycles. The molecule has 0 spiro atoms. The molecule has 13 N–H and O–H groups in total. The molecule has 0 bridgehead atoms. The van der Waals surface area contributed by atoms with Crippen LogP contribution in [0.1, 0.15) is 81.3 Å². The maximum atomic E-state index is 14.3. The summed E-state index contributed by atoms with van der Waals surface area (Å²) in [6, 6.07) is 0.676. The fourth-order valence-electron chi connectivity index (χ4n) is 11.7. The van der Waals surface area contributed by atoms with Gasteiger partial charge in [-0.05, 0) is 56.7 Å². The summed E-state index contributed by atoms with van der Waals surface area (Å²) in [4.78, 5) is 211. The quantitative estimate of drug-likeness (QED) is 0.0194. The number of carboxylic acid groups (broad SMARTS) is 1. The predicted molar refractivity (Wildman–Crippen MR) is 527 cm³/mol. The first kappa shape index (κ1) is 140. The number of ether oxygens (including phenoxy) is 24. The van der Waals surface area contributed by atoms with Crippen molar-refractivity contribution < 1.29 is 196 Å². The zero-order valence-corrected chi connectivity index (χ0v) is 87.1. The fraction of sp³-hybridized carbons (Fsp3) is 0.734. The maximum Gasteiger partial charge on any atom is 0.373 e. The van der Waals surface area contributed by atoms with Crippen LogP contribution in [0, 0.1) is 11.8 Å². The Balaban J connectivity index is 0.0000237. The molecule has 0 saturated carbocycles. The number of hydrogen-bond donors (Lipinski definition) is 12. The average Bonchev–Trinajstić information content (AvgIpc) is 0.808. The van der Waals surface area contributed by atoms with Gasteiger partial charge in [-0.25, -0.2) is 14.8 Å². The third kappa shape index (κ3) is 83.5. The van der Waals surface area contributed by atoms with Crippen molar-refractivity contribution in [2.75, 3.05) is 355 Å². The summed E-state index contributed by atoms with van der Waals surface area (Å²) in [7, 11) is 3.24. The third-order valence-electron chi connectivity index (χ3n) is 19.5. The van der Waals surface area contributed by atoms with Crippen molar-refractivity contribution in [3.8, 4) is 0 Å². The van der Waals surface area contributed by atoms with Crippen molar-refractivity contribution in [2.24, 2.45) is 17.6 Å². The van der Waals surface area contributed by atoms with E-state index < -0.39 is 140 Å². The monoisotopic (exact) mass is 2170 g/mol. The van der Waals surface area contributed by atoms with E-state index in [0.29, 0.717) is 261 Å². The number of carboxylic acids is 1. The van der Waals surface area contributed by atoms with Gasteiger partial charge in [0.05, 0.1) is 346 Å². The van der Waals surface area contributed by atoms with Gasteiger partial charge in [-0.3, -0.25) is 52.9 Å². The fourth-order valence-corrected chi connectivity index (χ4v) is 11.9. The van der Waals surface area contributed by atoms with Crippen molar-refractivity contribution in [3.63, 3.8) is 0 Å². The van der Waals surface area contributed by atoms with Crippen molar-refractivity contribution in [3.05, 3.63) is 52.1 Å². The molecule has 3 rings (SSSR count). The van der Waals surface area contributed by atoms with Crippen LogP contribution >= 0.6 is 12.6 Å². The zero-order chi connectivity index (χ0) is 110. The Bertz CT molecular complexity index is 4120. The number of ketones is 3. The van der Waals surface area contributed by atoms with E-state index in [1.807, 2.05) is 0 Å². The van der Waals surface area contributed by atoms with Gasteiger partial charge in [0.15, 0.2) is 22.7 Å². The molecule has 1 aromatic carbocycles. The number of fused-ring (bicyclic) bond motifs is 1. The van der Waals surface area contributed by atoms with E-state index in [1.165, 1.54) is 32.2 Å². The highest BCUT2D eigenvalue weighted by atomic mass is 32.1. The number of aromatic amines is 1. The molecule has 2 heterocycles. The number of benzene rings is 1. The number of aromatic nitrogens is 4. The van der Waals surface area contributed by atoms with E-state index in [-0.39, 0.29) is 139 Å². The summed E-state index contributed by atoms with van der Waals surface area (Å²) in [6.45, 7) is 18.8. The zero-order valence-electron chi connectivity index (χ0n) is 86.2. The summed E-state index contributed by atoms with van der Waals surface area (Å²) in [6.07, 6.45) is 0.289. The number of Topliss-reactive ketones (excluding diaryl/α,β-unsaturated/α-hetero) is 3. The summed E-state index contributed by atoms with van der Waals surface area (Å²) >= 11 is 4.13. The molecule has 0 aliphatic rings. The third-order valence-corrected chi connectivity index (χ3v) is 19.8. The second kappa shape index (κ2) is 102. The van der Waals surface area contributed by atoms with Crippen LogP contribution in [0.25, 0.3) is 11.2 Å². The molecular formula is C94H155N13O42S. The van der Waals surface area contributed by atoms with Gasteiger partial charge in [-0.2, -0.15) is 46.4 Å². The standard InChI is InChI=1S/C91H155N13O36S.3CO2/c1-69(79(106)6-5-61-141)100-88(113)77(92)68-98-85(110)73(65-96-82(109)14-16-120-22-24-124-30-32-128-38-40-132-46-48-136-54-56-140-60-58-138-52-50-134-44-42-130-36-34-126-28-26-122-20-18-118-4)63-80(107)70(2)99-87(112)72(62-76(105)11-12-78(90(115)116)102-86(111)71-7-9-74(10-8-71)94-66-75-67-97-84-83(101-75)89(114)104-91(93)103-84)64-95-81(108)13-15-119-21-23-123-29-31-127-37-39-131-45-47-135-53-55-139-59-57-137-51-49-133-43-41-129-35-33-125-27-25-121-19-17-117-3;3*2-1-3/h7-10,67,69-70,72-73,77-78,94,141H,5-6,11-66,68,92H2,1-4H3,(H,95,108)(H,96,109)(H,98,110)(H,99,112)(H,100,113)(H,102,111)(H,115,116)(H3,93,97,103,104,114);;;/t69-,70-,72-,73-,77-,78+;;;/m0.../s1. The Morgan fingerprint density at radius 1 is 0.400 bits per heavy atom. The van der Waals surface area contributed by atoms with E-state index >= 15 is 0 Å². The van der Waals surface area contributed by atoms with Crippen LogP contribution in [0.4, 0.5) is 11.6 Å². The van der Waals surface area contributed by atoms with Gasteiger partial charge < -0.3 is 167 Å². The van der Waals surface area contributed by atoms with Gasteiger partial charge in [-0.15, -0.1) is 0 Å². The summed E-state index contributed by atoms with van der Waals surface area (Å²) < 4.78 is 131.